The van der Waals surface area contributed by atoms with Crippen LogP contribution in [0.25, 0.3) is 0 Å². The Morgan fingerprint density at radius 1 is 1.50 bits per heavy atom. The van der Waals surface area contributed by atoms with E-state index in [9.17, 15) is 4.39 Å². The van der Waals surface area contributed by atoms with Gasteiger partial charge in [-0.25, -0.2) is 4.39 Å². The first-order valence-electron chi connectivity index (χ1n) is 2.28. The zero-order valence-electron chi connectivity index (χ0n) is 3.65. The molecule has 0 bridgehead atoms. The molecule has 6 heavy (non-hydrogen) atoms. The smallest absolute Gasteiger partial charge is 0.103 e. The van der Waals surface area contributed by atoms with Crippen molar-refractivity contribution < 1.29 is 4.39 Å². The van der Waals surface area contributed by atoms with Crippen molar-refractivity contribution in [3.05, 3.63) is 6.92 Å². The lowest BCUT2D eigenvalue weighted by atomic mass is 9.85. The molecule has 1 heteroatoms. The molecule has 0 nitrogen and oxygen atoms in total. The summed E-state index contributed by atoms with van der Waals surface area (Å²) in [5, 5.41) is 0. The molecule has 2 unspecified atom stereocenters. The van der Waals surface area contributed by atoms with Crippen LogP contribution >= 0.6 is 0 Å². The zero-order valence-corrected chi connectivity index (χ0v) is 3.65. The van der Waals surface area contributed by atoms with Crippen molar-refractivity contribution in [2.75, 3.05) is 0 Å². The minimum Gasteiger partial charge on any atom is -0.247 e. The molecule has 0 aromatic rings. The van der Waals surface area contributed by atoms with E-state index in [1.165, 1.54) is 0 Å². The van der Waals surface area contributed by atoms with E-state index in [-0.39, 0.29) is 5.92 Å². The first-order valence-corrected chi connectivity index (χ1v) is 2.28. The number of halogens is 1. The molecule has 0 heterocycles. The van der Waals surface area contributed by atoms with Gasteiger partial charge in [0.25, 0.3) is 0 Å². The van der Waals surface area contributed by atoms with Crippen LogP contribution < -0.4 is 0 Å². The maximum atomic E-state index is 11.8. The lowest BCUT2D eigenvalue weighted by molar-refractivity contribution is 0.147. The monoisotopic (exact) mass is 87.1 g/mol. The fourth-order valence-corrected chi connectivity index (χ4v) is 0.528. The van der Waals surface area contributed by atoms with Gasteiger partial charge in [0.1, 0.15) is 6.17 Å². The molecule has 0 amide bonds. The molecule has 0 spiro atoms. The van der Waals surface area contributed by atoms with Gasteiger partial charge in [-0.2, -0.15) is 0 Å². The van der Waals surface area contributed by atoms with Crippen molar-refractivity contribution in [1.29, 1.82) is 0 Å². The summed E-state index contributed by atoms with van der Waals surface area (Å²) in [5.74, 6) is 0.116. The molecular weight excluding hydrogens is 79.1 g/mol. The molecular formula is C5H8F. The highest BCUT2D eigenvalue weighted by atomic mass is 19.1. The van der Waals surface area contributed by atoms with E-state index in [1.807, 2.05) is 0 Å². The summed E-state index contributed by atoms with van der Waals surface area (Å²) in [7, 11) is 0. The van der Waals surface area contributed by atoms with Gasteiger partial charge in [-0.1, -0.05) is 0 Å². The van der Waals surface area contributed by atoms with E-state index in [0.717, 1.165) is 12.8 Å². The summed E-state index contributed by atoms with van der Waals surface area (Å²) < 4.78 is 11.8. The third-order valence-electron chi connectivity index (χ3n) is 1.32. The largest absolute Gasteiger partial charge is 0.247 e. The molecule has 1 saturated carbocycles. The number of rotatable bonds is 0. The van der Waals surface area contributed by atoms with Crippen molar-refractivity contribution in [1.82, 2.24) is 0 Å². The van der Waals surface area contributed by atoms with Crippen molar-refractivity contribution in [3.63, 3.8) is 0 Å². The van der Waals surface area contributed by atoms with Gasteiger partial charge in [0.15, 0.2) is 0 Å². The summed E-state index contributed by atoms with van der Waals surface area (Å²) in [6, 6.07) is 0. The summed E-state index contributed by atoms with van der Waals surface area (Å²) in [6.07, 6.45) is 1.15. The molecule has 0 aromatic carbocycles. The molecule has 1 fully saturated rings. The minimum atomic E-state index is -0.579. The summed E-state index contributed by atoms with van der Waals surface area (Å²) >= 11 is 0. The first kappa shape index (κ1) is 4.10. The van der Waals surface area contributed by atoms with Crippen molar-refractivity contribution >= 4 is 0 Å². The molecule has 0 N–H and O–H groups in total. The lowest BCUT2D eigenvalue weighted by Gasteiger charge is -2.25. The molecule has 1 aliphatic rings. The number of hydrogen-bond donors (Lipinski definition) is 0. The van der Waals surface area contributed by atoms with Gasteiger partial charge >= 0.3 is 0 Å². The highest BCUT2D eigenvalue weighted by Crippen LogP contribution is 2.28. The van der Waals surface area contributed by atoms with E-state index in [2.05, 4.69) is 6.92 Å². The van der Waals surface area contributed by atoms with Gasteiger partial charge < -0.3 is 0 Å². The Balaban J connectivity index is 2.20. The average molecular weight is 87.1 g/mol. The van der Waals surface area contributed by atoms with Crippen LogP contribution in [0.3, 0.4) is 0 Å². The van der Waals surface area contributed by atoms with Crippen LogP contribution in [-0.2, 0) is 0 Å². The van der Waals surface area contributed by atoms with Crippen molar-refractivity contribution in [2.24, 2.45) is 5.92 Å². The molecule has 1 radical (unpaired) electrons. The Morgan fingerprint density at radius 2 is 2.00 bits per heavy atom. The van der Waals surface area contributed by atoms with E-state index in [1.54, 1.807) is 0 Å². The normalized spacial score (nSPS) is 45.0. The van der Waals surface area contributed by atoms with Crippen LogP contribution in [0.1, 0.15) is 12.8 Å². The molecule has 0 saturated heterocycles. The highest BCUT2D eigenvalue weighted by Gasteiger charge is 2.25. The quantitative estimate of drug-likeness (QED) is 0.420. The lowest BCUT2D eigenvalue weighted by Crippen LogP contribution is -2.23. The van der Waals surface area contributed by atoms with Gasteiger partial charge in [0.05, 0.1) is 0 Å². The second kappa shape index (κ2) is 1.21. The van der Waals surface area contributed by atoms with Gasteiger partial charge in [0.2, 0.25) is 0 Å². The maximum Gasteiger partial charge on any atom is 0.103 e. The van der Waals surface area contributed by atoms with Crippen LogP contribution in [0.5, 0.6) is 0 Å². The highest BCUT2D eigenvalue weighted by molar-refractivity contribution is 4.81. The van der Waals surface area contributed by atoms with Crippen LogP contribution in [0.15, 0.2) is 0 Å². The fraction of sp³-hybridized carbons (Fsp3) is 0.800. The number of hydrogen-bond acceptors (Lipinski definition) is 0. The van der Waals surface area contributed by atoms with E-state index in [4.69, 9.17) is 0 Å². The Kier molecular flexibility index (Phi) is 0.827. The summed E-state index contributed by atoms with van der Waals surface area (Å²) in [6.45, 7) is 3.55. The summed E-state index contributed by atoms with van der Waals surface area (Å²) in [4.78, 5) is 0. The summed E-state index contributed by atoms with van der Waals surface area (Å²) in [5.41, 5.74) is 0. The molecule has 1 rings (SSSR count). The Hall–Kier alpha value is -0.0700. The van der Waals surface area contributed by atoms with Crippen LogP contribution in [0.4, 0.5) is 4.39 Å². The van der Waals surface area contributed by atoms with E-state index < -0.39 is 6.17 Å². The second-order valence-corrected chi connectivity index (χ2v) is 1.85. The third kappa shape index (κ3) is 0.423. The first-order chi connectivity index (χ1) is 2.80. The van der Waals surface area contributed by atoms with Gasteiger partial charge in [0, 0.05) is 0 Å². The fourth-order valence-electron chi connectivity index (χ4n) is 0.528. The van der Waals surface area contributed by atoms with E-state index >= 15 is 0 Å². The molecule has 1 aliphatic carbocycles. The zero-order chi connectivity index (χ0) is 4.57. The molecule has 0 aliphatic heterocycles. The van der Waals surface area contributed by atoms with Crippen molar-refractivity contribution in [2.45, 2.75) is 19.0 Å². The molecule has 0 aromatic heterocycles. The maximum absolute atomic E-state index is 11.8. The SMILES string of the molecule is [CH2]C1CCC1F. The molecule has 35 valence electrons. The Morgan fingerprint density at radius 3 is 2.00 bits per heavy atom. The van der Waals surface area contributed by atoms with Gasteiger partial charge in [-0.15, -0.1) is 0 Å². The van der Waals surface area contributed by atoms with Crippen molar-refractivity contribution in [3.8, 4) is 0 Å². The minimum absolute atomic E-state index is 0.116. The van der Waals surface area contributed by atoms with Gasteiger partial charge in [-0.3, -0.25) is 0 Å². The van der Waals surface area contributed by atoms with Crippen LogP contribution in [0, 0.1) is 12.8 Å². The van der Waals surface area contributed by atoms with Crippen LogP contribution in [-0.4, -0.2) is 6.17 Å². The second-order valence-electron chi connectivity index (χ2n) is 1.85. The molecule has 2 atom stereocenters. The number of alkyl halides is 1. The van der Waals surface area contributed by atoms with E-state index in [0.29, 0.717) is 0 Å². The third-order valence-corrected chi connectivity index (χ3v) is 1.32. The predicted molar refractivity (Wildman–Crippen MR) is 23.0 cm³/mol. The standard InChI is InChI=1S/C5H8F/c1-4-2-3-5(4)6/h4-5H,1-3H2. The Labute approximate surface area is 37.4 Å². The topological polar surface area (TPSA) is 0 Å². The van der Waals surface area contributed by atoms with Gasteiger partial charge in [-0.05, 0) is 25.7 Å². The van der Waals surface area contributed by atoms with Crippen LogP contribution in [0.2, 0.25) is 0 Å². The Bertz CT molecular complexity index is 43.9. The predicted octanol–water partition coefficient (Wildman–Crippen LogP) is 1.57. The average Bonchev–Trinajstić information content (AvgIpc) is 1.61.